The van der Waals surface area contributed by atoms with Crippen LogP contribution in [0.5, 0.6) is 5.75 Å². The summed E-state index contributed by atoms with van der Waals surface area (Å²) in [6.07, 6.45) is -0.466. The van der Waals surface area contributed by atoms with Gasteiger partial charge in [-0.25, -0.2) is 9.59 Å². The smallest absolute Gasteiger partial charge is 0.407 e. The quantitative estimate of drug-likeness (QED) is 0.850. The predicted molar refractivity (Wildman–Crippen MR) is 62.0 cm³/mol. The van der Waals surface area contributed by atoms with Crippen molar-refractivity contribution < 1.29 is 24.5 Å². The molecule has 0 saturated carbocycles. The molecule has 1 saturated heterocycles. The van der Waals surface area contributed by atoms with Gasteiger partial charge in [0, 0.05) is 13.0 Å². The van der Waals surface area contributed by atoms with E-state index in [9.17, 15) is 9.59 Å². The first kappa shape index (κ1) is 12.2. The van der Waals surface area contributed by atoms with Gasteiger partial charge in [-0.3, -0.25) is 0 Å². The molecule has 0 aromatic heterocycles. The summed E-state index contributed by atoms with van der Waals surface area (Å²) in [4.78, 5) is 22.7. The van der Waals surface area contributed by atoms with Crippen LogP contribution >= 0.6 is 0 Å². The van der Waals surface area contributed by atoms with Gasteiger partial charge in [0.15, 0.2) is 0 Å². The molecule has 1 aromatic carbocycles. The lowest BCUT2D eigenvalue weighted by molar-refractivity contribution is 0.0696. The van der Waals surface area contributed by atoms with Gasteiger partial charge >= 0.3 is 12.1 Å². The Morgan fingerprint density at radius 3 is 2.39 bits per heavy atom. The Labute approximate surface area is 103 Å². The topological polar surface area (TPSA) is 87.1 Å². The fourth-order valence-corrected chi connectivity index (χ4v) is 1.87. The number of rotatable bonds is 3. The largest absolute Gasteiger partial charge is 0.489 e. The molecule has 1 aliphatic rings. The van der Waals surface area contributed by atoms with Crippen LogP contribution in [0.25, 0.3) is 0 Å². The third-order valence-electron chi connectivity index (χ3n) is 2.82. The molecule has 2 rings (SSSR count). The third-order valence-corrected chi connectivity index (χ3v) is 2.82. The summed E-state index contributed by atoms with van der Waals surface area (Å²) in [5, 5.41) is 17.5. The molecule has 1 fully saturated rings. The number of ether oxygens (including phenoxy) is 1. The lowest BCUT2D eigenvalue weighted by Gasteiger charge is -2.14. The molecule has 2 N–H and O–H groups in total. The van der Waals surface area contributed by atoms with E-state index < -0.39 is 12.1 Å². The maximum absolute atomic E-state index is 10.7. The van der Waals surface area contributed by atoms with E-state index in [-0.39, 0.29) is 11.7 Å². The minimum absolute atomic E-state index is 0.170. The minimum Gasteiger partial charge on any atom is -0.489 e. The first-order chi connectivity index (χ1) is 8.56. The summed E-state index contributed by atoms with van der Waals surface area (Å²) in [5.41, 5.74) is 0.195. The van der Waals surface area contributed by atoms with E-state index in [4.69, 9.17) is 14.9 Å². The highest BCUT2D eigenvalue weighted by Gasteiger charge is 2.27. The van der Waals surface area contributed by atoms with Gasteiger partial charge in [-0.15, -0.1) is 0 Å². The van der Waals surface area contributed by atoms with Crippen LogP contribution in [0.3, 0.4) is 0 Å². The molecule has 1 unspecified atom stereocenters. The maximum Gasteiger partial charge on any atom is 0.407 e. The summed E-state index contributed by atoms with van der Waals surface area (Å²) in [6.45, 7) is 0.809. The number of likely N-dealkylation sites (tertiary alicyclic amines) is 1. The van der Waals surface area contributed by atoms with Gasteiger partial charge in [0.05, 0.1) is 12.1 Å². The summed E-state index contributed by atoms with van der Waals surface area (Å²) in [5.74, 6) is -0.434. The number of nitrogens with zero attached hydrogens (tertiary/aromatic N) is 1. The lowest BCUT2D eigenvalue weighted by Crippen LogP contribution is -2.29. The maximum atomic E-state index is 10.7. The van der Waals surface area contributed by atoms with Gasteiger partial charge in [-0.05, 0) is 24.3 Å². The highest BCUT2D eigenvalue weighted by Crippen LogP contribution is 2.19. The average molecular weight is 251 g/mol. The van der Waals surface area contributed by atoms with Crippen molar-refractivity contribution in [1.29, 1.82) is 0 Å². The first-order valence-corrected chi connectivity index (χ1v) is 5.54. The zero-order valence-electron chi connectivity index (χ0n) is 9.57. The van der Waals surface area contributed by atoms with E-state index in [0.717, 1.165) is 0 Å². The summed E-state index contributed by atoms with van der Waals surface area (Å²) < 4.78 is 5.59. The van der Waals surface area contributed by atoms with Crippen LogP contribution in [-0.2, 0) is 0 Å². The molecule has 1 amide bonds. The van der Waals surface area contributed by atoms with Crippen LogP contribution in [0.2, 0.25) is 0 Å². The molecule has 6 heteroatoms. The SMILES string of the molecule is O=C(O)c1ccc(OC2CCN(C(=O)O)C2)cc1. The lowest BCUT2D eigenvalue weighted by atomic mass is 10.2. The van der Waals surface area contributed by atoms with Crippen LogP contribution in [0.1, 0.15) is 16.8 Å². The molecule has 1 atom stereocenters. The van der Waals surface area contributed by atoms with Crippen molar-refractivity contribution in [3.05, 3.63) is 29.8 Å². The second-order valence-electron chi connectivity index (χ2n) is 4.09. The number of hydrogen-bond donors (Lipinski definition) is 2. The van der Waals surface area contributed by atoms with E-state index >= 15 is 0 Å². The van der Waals surface area contributed by atoms with Gasteiger partial charge in [0.1, 0.15) is 11.9 Å². The van der Waals surface area contributed by atoms with Crippen molar-refractivity contribution in [2.24, 2.45) is 0 Å². The van der Waals surface area contributed by atoms with Crippen LogP contribution in [0, 0.1) is 0 Å². The molecule has 0 spiro atoms. The Kier molecular flexibility index (Phi) is 3.36. The van der Waals surface area contributed by atoms with E-state index in [1.54, 1.807) is 12.1 Å². The molecule has 1 aliphatic heterocycles. The van der Waals surface area contributed by atoms with Crippen LogP contribution in [0.15, 0.2) is 24.3 Å². The zero-order chi connectivity index (χ0) is 13.1. The number of carbonyl (C=O) groups is 2. The molecule has 96 valence electrons. The van der Waals surface area contributed by atoms with E-state index in [2.05, 4.69) is 0 Å². The van der Waals surface area contributed by atoms with Gasteiger partial charge in [-0.2, -0.15) is 0 Å². The zero-order valence-corrected chi connectivity index (χ0v) is 9.57. The number of aromatic carboxylic acids is 1. The summed E-state index contributed by atoms with van der Waals surface area (Å²) in [6, 6.07) is 6.07. The molecular formula is C12H13NO5. The highest BCUT2D eigenvalue weighted by atomic mass is 16.5. The fraction of sp³-hybridized carbons (Fsp3) is 0.333. The van der Waals surface area contributed by atoms with Gasteiger partial charge < -0.3 is 19.8 Å². The summed E-state index contributed by atoms with van der Waals surface area (Å²) >= 11 is 0. The van der Waals surface area contributed by atoms with E-state index in [0.29, 0.717) is 25.3 Å². The van der Waals surface area contributed by atoms with Gasteiger partial charge in [0.2, 0.25) is 0 Å². The number of benzene rings is 1. The van der Waals surface area contributed by atoms with Crippen molar-refractivity contribution in [3.8, 4) is 5.75 Å². The van der Waals surface area contributed by atoms with Crippen molar-refractivity contribution in [3.63, 3.8) is 0 Å². The second kappa shape index (κ2) is 4.95. The van der Waals surface area contributed by atoms with Crippen LogP contribution in [0.4, 0.5) is 4.79 Å². The monoisotopic (exact) mass is 251 g/mol. The predicted octanol–water partition coefficient (Wildman–Crippen LogP) is 1.52. The standard InChI is InChI=1S/C12H13NO5/c14-11(15)8-1-3-9(4-2-8)18-10-5-6-13(7-10)12(16)17/h1-4,10H,5-7H2,(H,14,15)(H,16,17). The van der Waals surface area contributed by atoms with Crippen LogP contribution in [-0.4, -0.2) is 46.4 Å². The summed E-state index contributed by atoms with van der Waals surface area (Å²) in [7, 11) is 0. The highest BCUT2D eigenvalue weighted by molar-refractivity contribution is 5.87. The average Bonchev–Trinajstić information content (AvgIpc) is 2.78. The van der Waals surface area contributed by atoms with E-state index in [1.165, 1.54) is 17.0 Å². The second-order valence-corrected chi connectivity index (χ2v) is 4.09. The number of amides is 1. The molecular weight excluding hydrogens is 238 g/mol. The first-order valence-electron chi connectivity index (χ1n) is 5.54. The Morgan fingerprint density at radius 1 is 1.22 bits per heavy atom. The Balaban J connectivity index is 1.94. The van der Waals surface area contributed by atoms with Gasteiger partial charge in [0.25, 0.3) is 0 Å². The van der Waals surface area contributed by atoms with Gasteiger partial charge in [-0.1, -0.05) is 0 Å². The number of hydrogen-bond acceptors (Lipinski definition) is 3. The molecule has 1 heterocycles. The van der Waals surface area contributed by atoms with Crippen LogP contribution < -0.4 is 4.74 Å². The Morgan fingerprint density at radius 2 is 1.89 bits per heavy atom. The minimum atomic E-state index is -0.987. The van der Waals surface area contributed by atoms with Crippen molar-refractivity contribution >= 4 is 12.1 Å². The normalized spacial score (nSPS) is 18.7. The Bertz CT molecular complexity index is 456. The molecule has 18 heavy (non-hydrogen) atoms. The van der Waals surface area contributed by atoms with Crippen molar-refractivity contribution in [1.82, 2.24) is 4.90 Å². The molecule has 0 aliphatic carbocycles. The molecule has 0 bridgehead atoms. The fourth-order valence-electron chi connectivity index (χ4n) is 1.87. The van der Waals surface area contributed by atoms with E-state index in [1.807, 2.05) is 0 Å². The molecule has 0 radical (unpaired) electrons. The van der Waals surface area contributed by atoms with Crippen molar-refractivity contribution in [2.45, 2.75) is 12.5 Å². The number of carboxylic acid groups (broad SMARTS) is 2. The van der Waals surface area contributed by atoms with Crippen molar-refractivity contribution in [2.75, 3.05) is 13.1 Å². The third kappa shape index (κ3) is 2.71. The molecule has 6 nitrogen and oxygen atoms in total. The number of carboxylic acids is 1. The Hall–Kier alpha value is -2.24. The molecule has 1 aromatic rings.